The van der Waals surface area contributed by atoms with Crippen LogP contribution in [0.2, 0.25) is 0 Å². The van der Waals surface area contributed by atoms with Crippen molar-refractivity contribution in [2.75, 3.05) is 18.5 Å². The first kappa shape index (κ1) is 30.8. The largest absolute Gasteiger partial charge is 0.359 e. The summed E-state index contributed by atoms with van der Waals surface area (Å²) in [6.45, 7) is 15.8. The van der Waals surface area contributed by atoms with Crippen molar-refractivity contribution >= 4 is 23.7 Å². The monoisotopic (exact) mass is 543 g/mol. The molecule has 4 rings (SSSR count). The van der Waals surface area contributed by atoms with Gasteiger partial charge in [-0.15, -0.1) is 0 Å². The molecule has 0 saturated carbocycles. The van der Waals surface area contributed by atoms with Crippen LogP contribution in [0.5, 0.6) is 0 Å². The van der Waals surface area contributed by atoms with E-state index in [-0.39, 0.29) is 12.3 Å². The number of allylic oxidation sites excluding steroid dienone is 1. The standard InChI is InChI=1S/C31H39N5O2.C2H6/c1-6-24(7-2)22(3)25-10-8-23(9-11-25)18-35-19-27-13-12-26(16-28(27)20-35)31-33-17-30(34(31)5)36(21-37)15-14-29(38)32-4;1-2/h8-13,16-17,21,24H,3,6-7,14-15,18-20H2,1-2,4-5H3,(H,32,38);1-2H3. The lowest BCUT2D eigenvalue weighted by atomic mass is 9.89. The molecule has 1 aromatic heterocycles. The molecule has 0 saturated heterocycles. The molecule has 1 aliphatic rings. The maximum atomic E-state index is 11.7. The number of carbonyl (C=O) groups is 2. The molecule has 214 valence electrons. The van der Waals surface area contributed by atoms with Gasteiger partial charge in [0.2, 0.25) is 12.3 Å². The Morgan fingerprint density at radius 2 is 1.77 bits per heavy atom. The number of nitrogens with zero attached hydrogens (tertiary/aromatic N) is 4. The van der Waals surface area contributed by atoms with Crippen LogP contribution in [-0.4, -0.2) is 40.4 Å². The van der Waals surface area contributed by atoms with Crippen molar-refractivity contribution in [3.05, 3.63) is 77.5 Å². The maximum Gasteiger partial charge on any atom is 0.221 e. The maximum absolute atomic E-state index is 11.7. The Hall–Kier alpha value is -3.71. The van der Waals surface area contributed by atoms with Crippen LogP contribution in [-0.2, 0) is 36.3 Å². The van der Waals surface area contributed by atoms with Crippen molar-refractivity contribution in [2.24, 2.45) is 13.0 Å². The predicted molar refractivity (Wildman–Crippen MR) is 165 cm³/mol. The molecular formula is C33H45N5O2. The van der Waals surface area contributed by atoms with E-state index in [9.17, 15) is 9.59 Å². The van der Waals surface area contributed by atoms with E-state index in [2.05, 4.69) is 78.1 Å². The van der Waals surface area contributed by atoms with E-state index >= 15 is 0 Å². The van der Waals surface area contributed by atoms with Gasteiger partial charge in [-0.05, 0) is 52.7 Å². The van der Waals surface area contributed by atoms with Gasteiger partial charge in [-0.1, -0.05) is 70.7 Å². The van der Waals surface area contributed by atoms with Gasteiger partial charge in [-0.3, -0.25) is 19.4 Å². The van der Waals surface area contributed by atoms with Gasteiger partial charge < -0.3 is 9.88 Å². The van der Waals surface area contributed by atoms with E-state index < -0.39 is 0 Å². The number of aromatic nitrogens is 2. The summed E-state index contributed by atoms with van der Waals surface area (Å²) in [5.74, 6) is 1.89. The molecule has 1 aliphatic heterocycles. The zero-order chi connectivity index (χ0) is 29.2. The van der Waals surface area contributed by atoms with Gasteiger partial charge in [-0.2, -0.15) is 0 Å². The molecule has 0 aliphatic carbocycles. The fraction of sp³-hybridized carbons (Fsp3) is 0.424. The number of hydrogen-bond acceptors (Lipinski definition) is 4. The molecule has 0 fully saturated rings. The van der Waals surface area contributed by atoms with Crippen LogP contribution < -0.4 is 10.2 Å². The summed E-state index contributed by atoms with van der Waals surface area (Å²) >= 11 is 0. The van der Waals surface area contributed by atoms with Gasteiger partial charge >= 0.3 is 0 Å². The molecule has 0 atom stereocenters. The second-order valence-corrected chi connectivity index (χ2v) is 10.1. The van der Waals surface area contributed by atoms with E-state index in [0.717, 1.165) is 50.3 Å². The summed E-state index contributed by atoms with van der Waals surface area (Å²) in [6.07, 6.45) is 4.92. The minimum absolute atomic E-state index is 0.106. The normalized spacial score (nSPS) is 12.5. The van der Waals surface area contributed by atoms with Crippen molar-refractivity contribution in [3.63, 3.8) is 0 Å². The van der Waals surface area contributed by atoms with E-state index in [4.69, 9.17) is 0 Å². The summed E-state index contributed by atoms with van der Waals surface area (Å²) in [5, 5.41) is 2.59. The highest BCUT2D eigenvalue weighted by Crippen LogP contribution is 2.31. The Balaban J connectivity index is 0.00000216. The van der Waals surface area contributed by atoms with Crippen molar-refractivity contribution in [1.29, 1.82) is 0 Å². The van der Waals surface area contributed by atoms with Gasteiger partial charge in [0, 0.05) is 52.3 Å². The average Bonchev–Trinajstić information content (AvgIpc) is 3.57. The highest BCUT2D eigenvalue weighted by atomic mass is 16.2. The van der Waals surface area contributed by atoms with Gasteiger partial charge in [0.15, 0.2) is 0 Å². The SMILES string of the molecule is C=C(c1ccc(CN2Cc3ccc(-c4ncc(N(C=O)CCC(=O)NC)n4C)cc3C2)cc1)C(CC)CC.CC. The van der Waals surface area contributed by atoms with Gasteiger partial charge in [0.25, 0.3) is 0 Å². The molecule has 2 heterocycles. The number of benzene rings is 2. The summed E-state index contributed by atoms with van der Waals surface area (Å²) < 4.78 is 1.91. The molecule has 2 amide bonds. The number of hydrogen-bond donors (Lipinski definition) is 1. The number of imidazole rings is 1. The first-order chi connectivity index (χ1) is 19.4. The quantitative estimate of drug-likeness (QED) is 0.277. The van der Waals surface area contributed by atoms with Gasteiger partial charge in [-0.25, -0.2) is 4.98 Å². The third-order valence-electron chi connectivity index (χ3n) is 7.71. The molecule has 0 bridgehead atoms. The van der Waals surface area contributed by atoms with Crippen molar-refractivity contribution in [3.8, 4) is 11.4 Å². The number of nitrogens with one attached hydrogen (secondary N) is 1. The Labute approximate surface area is 239 Å². The fourth-order valence-electron chi connectivity index (χ4n) is 5.32. The Morgan fingerprint density at radius 1 is 1.10 bits per heavy atom. The zero-order valence-electron chi connectivity index (χ0n) is 25.0. The van der Waals surface area contributed by atoms with Gasteiger partial charge in [0.05, 0.1) is 6.20 Å². The average molecular weight is 544 g/mol. The fourth-order valence-corrected chi connectivity index (χ4v) is 5.32. The van der Waals surface area contributed by atoms with Crippen LogP contribution in [0.25, 0.3) is 17.0 Å². The molecule has 0 unspecified atom stereocenters. The molecule has 2 aromatic carbocycles. The van der Waals surface area contributed by atoms with Crippen molar-refractivity contribution in [2.45, 2.75) is 66.6 Å². The number of rotatable bonds is 12. The Morgan fingerprint density at radius 3 is 2.40 bits per heavy atom. The highest BCUT2D eigenvalue weighted by molar-refractivity contribution is 5.79. The molecule has 40 heavy (non-hydrogen) atoms. The Bertz CT molecular complexity index is 1290. The summed E-state index contributed by atoms with van der Waals surface area (Å²) in [4.78, 5) is 31.9. The zero-order valence-corrected chi connectivity index (χ0v) is 25.0. The third kappa shape index (κ3) is 7.07. The van der Waals surface area contributed by atoms with Crippen LogP contribution in [0.4, 0.5) is 5.82 Å². The lowest BCUT2D eigenvalue weighted by Gasteiger charge is -2.18. The first-order valence-electron chi connectivity index (χ1n) is 14.4. The lowest BCUT2D eigenvalue weighted by molar-refractivity contribution is -0.120. The third-order valence-corrected chi connectivity index (χ3v) is 7.71. The summed E-state index contributed by atoms with van der Waals surface area (Å²) in [7, 11) is 3.49. The van der Waals surface area contributed by atoms with Crippen LogP contribution in [0.1, 0.15) is 69.2 Å². The number of carbonyl (C=O) groups excluding carboxylic acids is 2. The van der Waals surface area contributed by atoms with Crippen LogP contribution in [0.15, 0.2) is 55.2 Å². The minimum Gasteiger partial charge on any atom is -0.359 e. The predicted octanol–water partition coefficient (Wildman–Crippen LogP) is 6.18. The molecule has 3 aromatic rings. The van der Waals surface area contributed by atoms with E-state index in [1.165, 1.54) is 32.7 Å². The second-order valence-electron chi connectivity index (χ2n) is 10.1. The van der Waals surface area contributed by atoms with Crippen molar-refractivity contribution in [1.82, 2.24) is 19.8 Å². The lowest BCUT2D eigenvalue weighted by Crippen LogP contribution is -2.29. The molecular weight excluding hydrogens is 498 g/mol. The molecule has 0 radical (unpaired) electrons. The molecule has 1 N–H and O–H groups in total. The number of anilines is 1. The number of amides is 2. The second kappa shape index (κ2) is 14.6. The summed E-state index contributed by atoms with van der Waals surface area (Å²) in [5.41, 5.74) is 7.44. The molecule has 7 nitrogen and oxygen atoms in total. The van der Waals surface area contributed by atoms with Gasteiger partial charge in [0.1, 0.15) is 11.6 Å². The van der Waals surface area contributed by atoms with E-state index in [1.54, 1.807) is 13.2 Å². The molecule has 7 heteroatoms. The Kier molecular flexibility index (Phi) is 11.3. The minimum atomic E-state index is -0.106. The van der Waals surface area contributed by atoms with E-state index in [1.807, 2.05) is 25.5 Å². The smallest absolute Gasteiger partial charge is 0.221 e. The van der Waals surface area contributed by atoms with E-state index in [0.29, 0.717) is 18.3 Å². The van der Waals surface area contributed by atoms with Crippen LogP contribution in [0.3, 0.4) is 0 Å². The number of fused-ring (bicyclic) bond motifs is 1. The molecule has 0 spiro atoms. The summed E-state index contributed by atoms with van der Waals surface area (Å²) in [6, 6.07) is 15.4. The highest BCUT2D eigenvalue weighted by Gasteiger charge is 2.22. The van der Waals surface area contributed by atoms with Crippen LogP contribution in [0, 0.1) is 5.92 Å². The van der Waals surface area contributed by atoms with Crippen LogP contribution >= 0.6 is 0 Å². The van der Waals surface area contributed by atoms with Crippen molar-refractivity contribution < 1.29 is 9.59 Å². The first-order valence-corrected chi connectivity index (χ1v) is 14.4. The topological polar surface area (TPSA) is 70.5 Å².